The predicted molar refractivity (Wildman–Crippen MR) is 77.9 cm³/mol. The SMILES string of the molecule is CC(C)N(C)C[C@H]1CC[C@H](C(=O)O)N1c1cnn(C)c1. The van der Waals surface area contributed by atoms with Gasteiger partial charge in [-0.15, -0.1) is 0 Å². The first-order valence-corrected chi connectivity index (χ1v) is 7.10. The highest BCUT2D eigenvalue weighted by Crippen LogP contribution is 2.31. The molecule has 112 valence electrons. The van der Waals surface area contributed by atoms with Crippen LogP contribution in [0.2, 0.25) is 0 Å². The summed E-state index contributed by atoms with van der Waals surface area (Å²) < 4.78 is 1.72. The van der Waals surface area contributed by atoms with Crippen molar-refractivity contribution in [2.24, 2.45) is 7.05 Å². The maximum Gasteiger partial charge on any atom is 0.326 e. The molecule has 6 nitrogen and oxygen atoms in total. The molecule has 0 aromatic carbocycles. The first kappa shape index (κ1) is 14.8. The van der Waals surface area contributed by atoms with Crippen LogP contribution in [0.25, 0.3) is 0 Å². The summed E-state index contributed by atoms with van der Waals surface area (Å²) in [5.41, 5.74) is 0.902. The molecular weight excluding hydrogens is 256 g/mol. The fourth-order valence-corrected chi connectivity index (χ4v) is 2.78. The molecule has 20 heavy (non-hydrogen) atoms. The van der Waals surface area contributed by atoms with Gasteiger partial charge in [-0.2, -0.15) is 5.10 Å². The van der Waals surface area contributed by atoms with Gasteiger partial charge in [0.1, 0.15) is 6.04 Å². The third-order valence-corrected chi connectivity index (χ3v) is 4.16. The van der Waals surface area contributed by atoms with Crippen LogP contribution in [0.15, 0.2) is 12.4 Å². The number of rotatable bonds is 5. The molecule has 1 aromatic heterocycles. The van der Waals surface area contributed by atoms with E-state index in [2.05, 4.69) is 30.9 Å². The number of hydrogen-bond acceptors (Lipinski definition) is 4. The fourth-order valence-electron chi connectivity index (χ4n) is 2.78. The predicted octanol–water partition coefficient (Wildman–Crippen LogP) is 1.18. The molecule has 0 amide bonds. The second-order valence-corrected chi connectivity index (χ2v) is 5.90. The van der Waals surface area contributed by atoms with E-state index < -0.39 is 12.0 Å². The van der Waals surface area contributed by atoms with Gasteiger partial charge in [0.25, 0.3) is 0 Å². The highest BCUT2D eigenvalue weighted by atomic mass is 16.4. The Morgan fingerprint density at radius 1 is 1.55 bits per heavy atom. The highest BCUT2D eigenvalue weighted by molar-refractivity contribution is 5.79. The van der Waals surface area contributed by atoms with E-state index in [1.807, 2.05) is 18.1 Å². The summed E-state index contributed by atoms with van der Waals surface area (Å²) in [5.74, 6) is -0.747. The molecule has 1 aliphatic heterocycles. The number of carboxylic acid groups (broad SMARTS) is 1. The number of carbonyl (C=O) groups is 1. The Bertz CT molecular complexity index is 471. The molecule has 1 aromatic rings. The Hall–Kier alpha value is -1.56. The van der Waals surface area contributed by atoms with Crippen LogP contribution < -0.4 is 4.90 Å². The number of aryl methyl sites for hydroxylation is 1. The quantitative estimate of drug-likeness (QED) is 0.877. The lowest BCUT2D eigenvalue weighted by Crippen LogP contribution is -2.46. The second-order valence-electron chi connectivity index (χ2n) is 5.90. The van der Waals surface area contributed by atoms with Crippen LogP contribution in [0.5, 0.6) is 0 Å². The van der Waals surface area contributed by atoms with Crippen molar-refractivity contribution < 1.29 is 9.90 Å². The molecule has 2 heterocycles. The van der Waals surface area contributed by atoms with Crippen molar-refractivity contribution in [3.63, 3.8) is 0 Å². The Kier molecular flexibility index (Phi) is 4.32. The van der Waals surface area contributed by atoms with Crippen molar-refractivity contribution in [1.82, 2.24) is 14.7 Å². The Balaban J connectivity index is 2.21. The topological polar surface area (TPSA) is 61.6 Å². The van der Waals surface area contributed by atoms with Gasteiger partial charge in [-0.3, -0.25) is 4.68 Å². The zero-order chi connectivity index (χ0) is 14.9. The van der Waals surface area contributed by atoms with E-state index in [1.54, 1.807) is 10.9 Å². The van der Waals surface area contributed by atoms with Gasteiger partial charge < -0.3 is 14.9 Å². The first-order valence-electron chi connectivity index (χ1n) is 7.10. The van der Waals surface area contributed by atoms with Crippen LogP contribution in [0.1, 0.15) is 26.7 Å². The van der Waals surface area contributed by atoms with E-state index in [1.165, 1.54) is 0 Å². The van der Waals surface area contributed by atoms with E-state index >= 15 is 0 Å². The minimum absolute atomic E-state index is 0.229. The molecule has 0 bridgehead atoms. The minimum Gasteiger partial charge on any atom is -0.480 e. The van der Waals surface area contributed by atoms with Crippen LogP contribution in [0.3, 0.4) is 0 Å². The molecule has 1 saturated heterocycles. The number of aliphatic carboxylic acids is 1. The fraction of sp³-hybridized carbons (Fsp3) is 0.714. The molecule has 2 atom stereocenters. The van der Waals surface area contributed by atoms with E-state index in [-0.39, 0.29) is 6.04 Å². The molecule has 1 aliphatic rings. The minimum atomic E-state index is -0.747. The number of carboxylic acids is 1. The first-order chi connectivity index (χ1) is 9.40. The summed E-state index contributed by atoms with van der Waals surface area (Å²) in [7, 11) is 3.94. The highest BCUT2D eigenvalue weighted by Gasteiger charge is 2.39. The van der Waals surface area contributed by atoms with E-state index in [9.17, 15) is 9.90 Å². The maximum absolute atomic E-state index is 11.5. The Labute approximate surface area is 120 Å². The van der Waals surface area contributed by atoms with Crippen molar-refractivity contribution in [3.05, 3.63) is 12.4 Å². The Morgan fingerprint density at radius 2 is 2.25 bits per heavy atom. The average Bonchev–Trinajstić information content (AvgIpc) is 2.95. The Morgan fingerprint density at radius 3 is 2.75 bits per heavy atom. The normalized spacial score (nSPS) is 23.0. The number of likely N-dealkylation sites (N-methyl/N-ethyl adjacent to an activating group) is 1. The van der Waals surface area contributed by atoms with Gasteiger partial charge in [-0.1, -0.05) is 0 Å². The molecular formula is C14H24N4O2. The van der Waals surface area contributed by atoms with Gasteiger partial charge in [0, 0.05) is 31.9 Å². The van der Waals surface area contributed by atoms with Crippen LogP contribution in [-0.4, -0.2) is 57.5 Å². The van der Waals surface area contributed by atoms with Crippen molar-refractivity contribution >= 4 is 11.7 Å². The van der Waals surface area contributed by atoms with Crippen LogP contribution in [0.4, 0.5) is 5.69 Å². The number of aromatic nitrogens is 2. The van der Waals surface area contributed by atoms with Gasteiger partial charge in [-0.25, -0.2) is 4.79 Å². The zero-order valence-corrected chi connectivity index (χ0v) is 12.7. The number of anilines is 1. The summed E-state index contributed by atoms with van der Waals surface area (Å²) in [4.78, 5) is 15.8. The number of nitrogens with zero attached hydrogens (tertiary/aromatic N) is 4. The van der Waals surface area contributed by atoms with Crippen LogP contribution >= 0.6 is 0 Å². The molecule has 1 N–H and O–H groups in total. The summed E-state index contributed by atoms with van der Waals surface area (Å²) >= 11 is 0. The summed E-state index contributed by atoms with van der Waals surface area (Å²) in [6.45, 7) is 5.17. The second kappa shape index (κ2) is 5.83. The lowest BCUT2D eigenvalue weighted by molar-refractivity contribution is -0.138. The molecule has 0 aliphatic carbocycles. The van der Waals surface area contributed by atoms with Gasteiger partial charge >= 0.3 is 5.97 Å². The summed E-state index contributed by atoms with van der Waals surface area (Å²) in [6, 6.07) is 0.243. The third-order valence-electron chi connectivity index (χ3n) is 4.16. The molecule has 0 radical (unpaired) electrons. The molecule has 0 unspecified atom stereocenters. The molecule has 6 heteroatoms. The van der Waals surface area contributed by atoms with Crippen LogP contribution in [-0.2, 0) is 11.8 Å². The standard InChI is InChI=1S/C14H24N4O2/c1-10(2)16(3)8-11-5-6-13(14(19)20)18(11)12-7-15-17(4)9-12/h7,9-11,13H,5-6,8H2,1-4H3,(H,19,20)/t11-,13-/m1/s1. The van der Waals surface area contributed by atoms with Crippen molar-refractivity contribution in [3.8, 4) is 0 Å². The molecule has 2 rings (SSSR count). The van der Waals surface area contributed by atoms with Crippen LogP contribution in [0, 0.1) is 0 Å². The van der Waals surface area contributed by atoms with Crippen molar-refractivity contribution in [1.29, 1.82) is 0 Å². The van der Waals surface area contributed by atoms with Gasteiger partial charge in [0.05, 0.1) is 11.9 Å². The number of hydrogen-bond donors (Lipinski definition) is 1. The van der Waals surface area contributed by atoms with E-state index in [0.29, 0.717) is 12.5 Å². The average molecular weight is 280 g/mol. The summed E-state index contributed by atoms with van der Waals surface area (Å²) in [6.07, 6.45) is 5.25. The molecule has 1 fully saturated rings. The largest absolute Gasteiger partial charge is 0.480 e. The van der Waals surface area contributed by atoms with Gasteiger partial charge in [-0.05, 0) is 33.7 Å². The lowest BCUT2D eigenvalue weighted by Gasteiger charge is -2.33. The van der Waals surface area contributed by atoms with Gasteiger partial charge in [0.15, 0.2) is 0 Å². The van der Waals surface area contributed by atoms with E-state index in [0.717, 1.165) is 18.7 Å². The summed E-state index contributed by atoms with van der Waals surface area (Å²) in [5, 5.41) is 13.6. The monoisotopic (exact) mass is 280 g/mol. The maximum atomic E-state index is 11.5. The lowest BCUT2D eigenvalue weighted by atomic mass is 10.2. The van der Waals surface area contributed by atoms with Crippen molar-refractivity contribution in [2.75, 3.05) is 18.5 Å². The van der Waals surface area contributed by atoms with Crippen molar-refractivity contribution in [2.45, 2.75) is 44.8 Å². The smallest absolute Gasteiger partial charge is 0.326 e. The third kappa shape index (κ3) is 2.95. The molecule has 0 spiro atoms. The molecule has 0 saturated carbocycles. The van der Waals surface area contributed by atoms with E-state index in [4.69, 9.17) is 0 Å². The zero-order valence-electron chi connectivity index (χ0n) is 12.7. The van der Waals surface area contributed by atoms with Gasteiger partial charge in [0.2, 0.25) is 0 Å².